The van der Waals surface area contributed by atoms with Crippen molar-refractivity contribution in [2.24, 2.45) is 0 Å². The summed E-state index contributed by atoms with van der Waals surface area (Å²) in [5, 5.41) is 1.05. The number of benzene rings is 1. The summed E-state index contributed by atoms with van der Waals surface area (Å²) in [6.45, 7) is 6.40. The number of hydrogen-bond donors (Lipinski definition) is 0. The maximum absolute atomic E-state index is 14.3. The number of piperidine rings is 1. The van der Waals surface area contributed by atoms with Gasteiger partial charge in [-0.2, -0.15) is 0 Å². The Labute approximate surface area is 168 Å². The van der Waals surface area contributed by atoms with Crippen LogP contribution in [0.2, 0.25) is 0 Å². The number of halogens is 1. The van der Waals surface area contributed by atoms with E-state index in [0.29, 0.717) is 10.6 Å². The first kappa shape index (κ1) is 19.2. The van der Waals surface area contributed by atoms with Gasteiger partial charge in [-0.3, -0.25) is 4.79 Å². The van der Waals surface area contributed by atoms with Crippen molar-refractivity contribution >= 4 is 27.3 Å². The van der Waals surface area contributed by atoms with E-state index in [4.69, 9.17) is 4.74 Å². The molecule has 4 rings (SSSR count). The van der Waals surface area contributed by atoms with Crippen molar-refractivity contribution in [1.82, 2.24) is 9.47 Å². The second kappa shape index (κ2) is 8.05. The zero-order valence-electron chi connectivity index (χ0n) is 16.3. The van der Waals surface area contributed by atoms with Gasteiger partial charge in [0.1, 0.15) is 16.4 Å². The third-order valence-corrected chi connectivity index (χ3v) is 6.68. The molecule has 28 heavy (non-hydrogen) atoms. The Morgan fingerprint density at radius 3 is 2.64 bits per heavy atom. The molecule has 0 unspecified atom stereocenters. The molecule has 3 aromatic rings. The fraction of sp³-hybridized carbons (Fsp3) is 0.409. The number of ether oxygens (including phenoxy) is 1. The van der Waals surface area contributed by atoms with Gasteiger partial charge in [-0.05, 0) is 57.1 Å². The number of carbonyl (C=O) groups is 1. The van der Waals surface area contributed by atoms with E-state index in [-0.39, 0.29) is 11.3 Å². The quantitative estimate of drug-likeness (QED) is 0.553. The standard InChI is InChI=1S/C22H25FN2O2S/c1-15-12-16-13-20(21(26)18-7-6-17(27-2)14-19(18)23)28-22(16)25(15)11-10-24-8-4-3-5-9-24/h6-7,12-14H,3-5,8-11H2,1-2H3. The Hall–Kier alpha value is -2.18. The van der Waals surface area contributed by atoms with E-state index in [9.17, 15) is 9.18 Å². The average Bonchev–Trinajstić information content (AvgIpc) is 3.23. The maximum Gasteiger partial charge on any atom is 0.205 e. The highest BCUT2D eigenvalue weighted by atomic mass is 32.1. The molecule has 6 heteroatoms. The Bertz CT molecular complexity index is 1000. The molecule has 3 heterocycles. The van der Waals surface area contributed by atoms with Crippen molar-refractivity contribution in [3.05, 3.63) is 52.3 Å². The van der Waals surface area contributed by atoms with Crippen LogP contribution in [0.5, 0.6) is 5.75 Å². The number of ketones is 1. The summed E-state index contributed by atoms with van der Waals surface area (Å²) in [5.74, 6) is -0.418. The lowest BCUT2D eigenvalue weighted by Gasteiger charge is -2.26. The first-order valence-corrected chi connectivity index (χ1v) is 10.6. The summed E-state index contributed by atoms with van der Waals surface area (Å²) in [4.78, 5) is 17.0. The molecule has 1 fully saturated rings. The van der Waals surface area contributed by atoms with Gasteiger partial charge in [0, 0.05) is 30.2 Å². The van der Waals surface area contributed by atoms with Gasteiger partial charge in [0.2, 0.25) is 5.78 Å². The van der Waals surface area contributed by atoms with E-state index in [1.165, 1.54) is 68.6 Å². The van der Waals surface area contributed by atoms with Crippen LogP contribution < -0.4 is 4.74 Å². The van der Waals surface area contributed by atoms with Crippen LogP contribution in [0, 0.1) is 12.7 Å². The highest BCUT2D eigenvalue weighted by Crippen LogP contribution is 2.31. The normalized spacial score (nSPS) is 15.2. The number of carbonyl (C=O) groups excluding carboxylic acids is 1. The molecule has 4 nitrogen and oxygen atoms in total. The van der Waals surface area contributed by atoms with Crippen LogP contribution >= 0.6 is 11.3 Å². The third-order valence-electron chi connectivity index (χ3n) is 5.51. The molecule has 0 aliphatic carbocycles. The molecule has 0 amide bonds. The summed E-state index contributed by atoms with van der Waals surface area (Å²) in [6.07, 6.45) is 3.90. The van der Waals surface area contributed by atoms with Crippen LogP contribution in [-0.2, 0) is 6.54 Å². The second-order valence-electron chi connectivity index (χ2n) is 7.39. The summed E-state index contributed by atoms with van der Waals surface area (Å²) < 4.78 is 21.6. The second-order valence-corrected chi connectivity index (χ2v) is 8.42. The number of likely N-dealkylation sites (tertiary alicyclic amines) is 1. The van der Waals surface area contributed by atoms with Gasteiger partial charge >= 0.3 is 0 Å². The number of methoxy groups -OCH3 is 1. The molecule has 0 radical (unpaired) electrons. The van der Waals surface area contributed by atoms with Crippen molar-refractivity contribution < 1.29 is 13.9 Å². The number of aromatic nitrogens is 1. The molecule has 1 aliphatic rings. The van der Waals surface area contributed by atoms with Crippen LogP contribution in [0.4, 0.5) is 4.39 Å². The lowest BCUT2D eigenvalue weighted by molar-refractivity contribution is 0.103. The summed E-state index contributed by atoms with van der Waals surface area (Å²) in [6, 6.07) is 8.37. The minimum Gasteiger partial charge on any atom is -0.497 e. The Balaban J connectivity index is 1.57. The Morgan fingerprint density at radius 2 is 1.93 bits per heavy atom. The van der Waals surface area contributed by atoms with E-state index >= 15 is 0 Å². The Kier molecular flexibility index (Phi) is 5.51. The first-order valence-electron chi connectivity index (χ1n) is 9.77. The predicted octanol–water partition coefficient (Wildman–Crippen LogP) is 4.88. The fourth-order valence-corrected chi connectivity index (χ4v) is 5.10. The molecule has 0 bridgehead atoms. The van der Waals surface area contributed by atoms with E-state index in [1.807, 2.05) is 6.07 Å². The van der Waals surface area contributed by atoms with E-state index < -0.39 is 5.82 Å². The van der Waals surface area contributed by atoms with Gasteiger partial charge < -0.3 is 14.2 Å². The molecule has 0 spiro atoms. The SMILES string of the molecule is COc1ccc(C(=O)c2cc3cc(C)n(CCN4CCCCC4)c3s2)c(F)c1. The van der Waals surface area contributed by atoms with Gasteiger partial charge in [-0.1, -0.05) is 6.42 Å². The van der Waals surface area contributed by atoms with Gasteiger partial charge in [-0.15, -0.1) is 11.3 Å². The molecule has 1 saturated heterocycles. The lowest BCUT2D eigenvalue weighted by Crippen LogP contribution is -2.32. The van der Waals surface area contributed by atoms with E-state index in [2.05, 4.69) is 22.5 Å². The van der Waals surface area contributed by atoms with Crippen LogP contribution in [0.15, 0.2) is 30.3 Å². The average molecular weight is 401 g/mol. The van der Waals surface area contributed by atoms with Crippen molar-refractivity contribution in [2.45, 2.75) is 32.7 Å². The fourth-order valence-electron chi connectivity index (χ4n) is 3.93. The van der Waals surface area contributed by atoms with Crippen LogP contribution in [0.1, 0.15) is 40.2 Å². The van der Waals surface area contributed by atoms with Gasteiger partial charge in [-0.25, -0.2) is 4.39 Å². The van der Waals surface area contributed by atoms with Crippen molar-refractivity contribution in [3.8, 4) is 5.75 Å². The van der Waals surface area contributed by atoms with Crippen LogP contribution in [0.25, 0.3) is 10.2 Å². The van der Waals surface area contributed by atoms with Crippen molar-refractivity contribution in [2.75, 3.05) is 26.7 Å². The monoisotopic (exact) mass is 400 g/mol. The number of aryl methyl sites for hydroxylation is 1. The zero-order valence-corrected chi connectivity index (χ0v) is 17.2. The van der Waals surface area contributed by atoms with Gasteiger partial charge in [0.25, 0.3) is 0 Å². The smallest absolute Gasteiger partial charge is 0.205 e. The number of fused-ring (bicyclic) bond motifs is 1. The highest BCUT2D eigenvalue weighted by molar-refractivity contribution is 7.20. The number of hydrogen-bond acceptors (Lipinski definition) is 4. The molecule has 2 aromatic heterocycles. The van der Waals surface area contributed by atoms with Crippen LogP contribution in [0.3, 0.4) is 0 Å². The van der Waals surface area contributed by atoms with E-state index in [0.717, 1.165) is 23.3 Å². The summed E-state index contributed by atoms with van der Waals surface area (Å²) in [5.41, 5.74) is 1.29. The first-order chi connectivity index (χ1) is 13.6. The summed E-state index contributed by atoms with van der Waals surface area (Å²) >= 11 is 1.45. The number of nitrogens with zero attached hydrogens (tertiary/aromatic N) is 2. The number of rotatable bonds is 6. The molecular formula is C22H25FN2O2S. The molecule has 0 N–H and O–H groups in total. The Morgan fingerprint density at radius 1 is 1.14 bits per heavy atom. The van der Waals surface area contributed by atoms with Crippen molar-refractivity contribution in [3.63, 3.8) is 0 Å². The molecule has 1 aromatic carbocycles. The minimum atomic E-state index is -0.549. The molecule has 0 atom stereocenters. The topological polar surface area (TPSA) is 34.5 Å². The molecular weight excluding hydrogens is 375 g/mol. The minimum absolute atomic E-state index is 0.0845. The third kappa shape index (κ3) is 3.71. The lowest BCUT2D eigenvalue weighted by atomic mass is 10.1. The highest BCUT2D eigenvalue weighted by Gasteiger charge is 2.20. The van der Waals surface area contributed by atoms with Gasteiger partial charge in [0.15, 0.2) is 0 Å². The number of thiophene rings is 1. The van der Waals surface area contributed by atoms with Crippen LogP contribution in [-0.4, -0.2) is 42.0 Å². The zero-order chi connectivity index (χ0) is 19.7. The molecule has 0 saturated carbocycles. The predicted molar refractivity (Wildman–Crippen MR) is 111 cm³/mol. The van der Waals surface area contributed by atoms with Gasteiger partial charge in [0.05, 0.1) is 17.6 Å². The van der Waals surface area contributed by atoms with E-state index in [1.54, 1.807) is 6.07 Å². The van der Waals surface area contributed by atoms with Crippen molar-refractivity contribution in [1.29, 1.82) is 0 Å². The summed E-state index contributed by atoms with van der Waals surface area (Å²) in [7, 11) is 1.48. The maximum atomic E-state index is 14.3. The largest absolute Gasteiger partial charge is 0.497 e. The molecule has 148 valence electrons. The molecule has 1 aliphatic heterocycles.